The highest BCUT2D eigenvalue weighted by Gasteiger charge is 2.23. The van der Waals surface area contributed by atoms with Crippen LogP contribution in [-0.4, -0.2) is 19.0 Å². The standard InChI is InChI=1S/C14H22N2O2/c1-9-7-13(11(3)18-9)10(2)16-14(17)12-5-4-6-15-8-12/h7,10,12,15H,4-6,8H2,1-3H3,(H,16,17). The first-order valence-corrected chi connectivity index (χ1v) is 6.66. The number of piperidine rings is 1. The number of nitrogens with one attached hydrogen (secondary N) is 2. The van der Waals surface area contributed by atoms with E-state index >= 15 is 0 Å². The van der Waals surface area contributed by atoms with E-state index in [9.17, 15) is 4.79 Å². The summed E-state index contributed by atoms with van der Waals surface area (Å²) in [6.07, 6.45) is 2.06. The fraction of sp³-hybridized carbons (Fsp3) is 0.643. The number of furan rings is 1. The summed E-state index contributed by atoms with van der Waals surface area (Å²) < 4.78 is 5.50. The molecule has 0 saturated carbocycles. The van der Waals surface area contributed by atoms with Gasteiger partial charge in [0, 0.05) is 12.1 Å². The Bertz CT molecular complexity index is 419. The minimum Gasteiger partial charge on any atom is -0.466 e. The van der Waals surface area contributed by atoms with Gasteiger partial charge in [-0.15, -0.1) is 0 Å². The van der Waals surface area contributed by atoms with Crippen LogP contribution in [0.3, 0.4) is 0 Å². The molecule has 1 aromatic rings. The van der Waals surface area contributed by atoms with Gasteiger partial charge in [-0.05, 0) is 46.2 Å². The maximum Gasteiger partial charge on any atom is 0.224 e. The van der Waals surface area contributed by atoms with Crippen LogP contribution in [-0.2, 0) is 4.79 Å². The van der Waals surface area contributed by atoms with Crippen molar-refractivity contribution in [3.05, 3.63) is 23.2 Å². The normalized spacial score (nSPS) is 21.6. The third-order valence-electron chi connectivity index (χ3n) is 3.57. The van der Waals surface area contributed by atoms with Crippen molar-refractivity contribution in [2.24, 2.45) is 5.92 Å². The van der Waals surface area contributed by atoms with Crippen molar-refractivity contribution in [3.63, 3.8) is 0 Å². The molecule has 0 bridgehead atoms. The summed E-state index contributed by atoms with van der Waals surface area (Å²) in [5.74, 6) is 2.03. The SMILES string of the molecule is Cc1cc(C(C)NC(=O)C2CCCNC2)c(C)o1. The lowest BCUT2D eigenvalue weighted by atomic mass is 9.98. The molecule has 1 fully saturated rings. The molecule has 0 aliphatic carbocycles. The molecular weight excluding hydrogens is 228 g/mol. The zero-order valence-corrected chi connectivity index (χ0v) is 11.4. The van der Waals surface area contributed by atoms with Gasteiger partial charge in [-0.1, -0.05) is 0 Å². The molecule has 1 amide bonds. The van der Waals surface area contributed by atoms with Crippen molar-refractivity contribution < 1.29 is 9.21 Å². The van der Waals surface area contributed by atoms with E-state index in [0.717, 1.165) is 43.0 Å². The fourth-order valence-corrected chi connectivity index (χ4v) is 2.56. The molecule has 1 aromatic heterocycles. The van der Waals surface area contributed by atoms with Crippen molar-refractivity contribution in [1.82, 2.24) is 10.6 Å². The zero-order valence-electron chi connectivity index (χ0n) is 11.4. The summed E-state index contributed by atoms with van der Waals surface area (Å²) in [5.41, 5.74) is 1.07. The van der Waals surface area contributed by atoms with Gasteiger partial charge in [-0.25, -0.2) is 0 Å². The van der Waals surface area contributed by atoms with Crippen LogP contribution in [0, 0.1) is 19.8 Å². The first-order valence-electron chi connectivity index (χ1n) is 6.66. The van der Waals surface area contributed by atoms with Gasteiger partial charge in [-0.2, -0.15) is 0 Å². The molecule has 100 valence electrons. The molecule has 2 heterocycles. The molecule has 1 aliphatic heterocycles. The van der Waals surface area contributed by atoms with E-state index in [0.29, 0.717) is 0 Å². The van der Waals surface area contributed by atoms with E-state index < -0.39 is 0 Å². The summed E-state index contributed by atoms with van der Waals surface area (Å²) in [6.45, 7) is 7.69. The Morgan fingerprint density at radius 3 is 2.89 bits per heavy atom. The van der Waals surface area contributed by atoms with E-state index in [-0.39, 0.29) is 17.9 Å². The molecule has 1 aliphatic rings. The van der Waals surface area contributed by atoms with Gasteiger partial charge in [0.05, 0.1) is 12.0 Å². The highest BCUT2D eigenvalue weighted by atomic mass is 16.3. The summed E-state index contributed by atoms with van der Waals surface area (Å²) >= 11 is 0. The number of carbonyl (C=O) groups excluding carboxylic acids is 1. The molecule has 2 atom stereocenters. The Morgan fingerprint density at radius 1 is 1.56 bits per heavy atom. The van der Waals surface area contributed by atoms with E-state index in [1.54, 1.807) is 0 Å². The molecule has 0 aromatic carbocycles. The van der Waals surface area contributed by atoms with Gasteiger partial charge >= 0.3 is 0 Å². The minimum absolute atomic E-state index is 0.0110. The molecular formula is C14H22N2O2. The molecule has 18 heavy (non-hydrogen) atoms. The van der Waals surface area contributed by atoms with Crippen LogP contribution >= 0.6 is 0 Å². The fourth-order valence-electron chi connectivity index (χ4n) is 2.56. The highest BCUT2D eigenvalue weighted by molar-refractivity contribution is 5.79. The quantitative estimate of drug-likeness (QED) is 0.863. The predicted molar refractivity (Wildman–Crippen MR) is 70.3 cm³/mol. The summed E-state index contributed by atoms with van der Waals surface area (Å²) in [6, 6.07) is 2.01. The average Bonchev–Trinajstić information content (AvgIpc) is 2.69. The average molecular weight is 250 g/mol. The lowest BCUT2D eigenvalue weighted by Gasteiger charge is -2.24. The molecule has 4 nitrogen and oxygen atoms in total. The Kier molecular flexibility index (Phi) is 4.07. The van der Waals surface area contributed by atoms with Crippen LogP contribution in [0.1, 0.15) is 42.9 Å². The third kappa shape index (κ3) is 2.93. The largest absolute Gasteiger partial charge is 0.466 e. The Labute approximate surface area is 108 Å². The summed E-state index contributed by atoms with van der Waals surface area (Å²) in [4.78, 5) is 12.1. The van der Waals surface area contributed by atoms with Crippen LogP contribution in [0.5, 0.6) is 0 Å². The first kappa shape index (κ1) is 13.1. The Morgan fingerprint density at radius 2 is 2.33 bits per heavy atom. The van der Waals surface area contributed by atoms with Crippen molar-refractivity contribution >= 4 is 5.91 Å². The summed E-state index contributed by atoms with van der Waals surface area (Å²) in [7, 11) is 0. The van der Waals surface area contributed by atoms with Gasteiger partial charge in [0.2, 0.25) is 5.91 Å². The molecule has 0 radical (unpaired) electrons. The molecule has 2 unspecified atom stereocenters. The lowest BCUT2D eigenvalue weighted by molar-refractivity contribution is -0.126. The Hall–Kier alpha value is -1.29. The number of hydrogen-bond donors (Lipinski definition) is 2. The number of amides is 1. The van der Waals surface area contributed by atoms with Crippen molar-refractivity contribution in [2.45, 2.75) is 39.7 Å². The molecule has 1 saturated heterocycles. The number of aryl methyl sites for hydroxylation is 2. The van der Waals surface area contributed by atoms with Gasteiger partial charge in [0.15, 0.2) is 0 Å². The van der Waals surface area contributed by atoms with E-state index in [2.05, 4.69) is 10.6 Å². The number of hydrogen-bond acceptors (Lipinski definition) is 3. The third-order valence-corrected chi connectivity index (χ3v) is 3.57. The first-order chi connectivity index (χ1) is 8.58. The second kappa shape index (κ2) is 5.57. The number of rotatable bonds is 3. The van der Waals surface area contributed by atoms with E-state index in [4.69, 9.17) is 4.42 Å². The van der Waals surface area contributed by atoms with Gasteiger partial charge < -0.3 is 15.1 Å². The van der Waals surface area contributed by atoms with Gasteiger partial charge in [0.25, 0.3) is 0 Å². The van der Waals surface area contributed by atoms with Crippen LogP contribution in [0.15, 0.2) is 10.5 Å². The van der Waals surface area contributed by atoms with Crippen LogP contribution in [0.25, 0.3) is 0 Å². The second-order valence-corrected chi connectivity index (χ2v) is 5.14. The topological polar surface area (TPSA) is 54.3 Å². The van der Waals surface area contributed by atoms with Crippen LogP contribution in [0.2, 0.25) is 0 Å². The molecule has 0 spiro atoms. The smallest absolute Gasteiger partial charge is 0.224 e. The van der Waals surface area contributed by atoms with E-state index in [1.165, 1.54) is 0 Å². The van der Waals surface area contributed by atoms with Gasteiger partial charge in [0.1, 0.15) is 11.5 Å². The minimum atomic E-state index is 0.0110. The van der Waals surface area contributed by atoms with Gasteiger partial charge in [-0.3, -0.25) is 4.79 Å². The van der Waals surface area contributed by atoms with Crippen molar-refractivity contribution in [1.29, 1.82) is 0 Å². The monoisotopic (exact) mass is 250 g/mol. The maximum absolute atomic E-state index is 12.1. The predicted octanol–water partition coefficient (Wildman–Crippen LogP) is 2.07. The maximum atomic E-state index is 12.1. The molecule has 2 rings (SSSR count). The highest BCUT2D eigenvalue weighted by Crippen LogP contribution is 2.22. The molecule has 4 heteroatoms. The Balaban J connectivity index is 1.96. The van der Waals surface area contributed by atoms with Crippen LogP contribution < -0.4 is 10.6 Å². The van der Waals surface area contributed by atoms with Crippen molar-refractivity contribution in [2.75, 3.05) is 13.1 Å². The van der Waals surface area contributed by atoms with Crippen molar-refractivity contribution in [3.8, 4) is 0 Å². The molecule has 2 N–H and O–H groups in total. The van der Waals surface area contributed by atoms with E-state index in [1.807, 2.05) is 26.8 Å². The lowest BCUT2D eigenvalue weighted by Crippen LogP contribution is -2.41. The zero-order chi connectivity index (χ0) is 13.1. The second-order valence-electron chi connectivity index (χ2n) is 5.14. The van der Waals surface area contributed by atoms with Crippen LogP contribution in [0.4, 0.5) is 0 Å². The number of carbonyl (C=O) groups is 1. The summed E-state index contributed by atoms with van der Waals surface area (Å²) in [5, 5.41) is 6.35.